The smallest absolute Gasteiger partial charge is 0.123 e. The molecule has 1 N–H and O–H groups in total. The topological polar surface area (TPSA) is 21.3 Å². The third-order valence-electron chi connectivity index (χ3n) is 4.20. The van der Waals surface area contributed by atoms with Gasteiger partial charge in [0, 0.05) is 17.6 Å². The zero-order valence-electron chi connectivity index (χ0n) is 12.5. The summed E-state index contributed by atoms with van der Waals surface area (Å²) in [5.41, 5.74) is 2.53. The number of aryl methyl sites for hydroxylation is 1. The van der Waals surface area contributed by atoms with Crippen molar-refractivity contribution in [2.45, 2.75) is 64.5 Å². The highest BCUT2D eigenvalue weighted by molar-refractivity contribution is 5.39. The highest BCUT2D eigenvalue weighted by Gasteiger charge is 2.17. The van der Waals surface area contributed by atoms with Crippen LogP contribution < -0.4 is 10.1 Å². The van der Waals surface area contributed by atoms with Crippen LogP contribution in [0.5, 0.6) is 5.75 Å². The van der Waals surface area contributed by atoms with Gasteiger partial charge in [0.2, 0.25) is 0 Å². The Labute approximate surface area is 117 Å². The second-order valence-electron chi connectivity index (χ2n) is 5.82. The molecule has 1 aromatic rings. The SMILES string of the molecule is COc1cc(C)ccc1C(C)NC1CCCCCC1. The molecule has 0 aliphatic heterocycles. The summed E-state index contributed by atoms with van der Waals surface area (Å²) >= 11 is 0. The second-order valence-corrected chi connectivity index (χ2v) is 5.82. The minimum Gasteiger partial charge on any atom is -0.496 e. The zero-order valence-corrected chi connectivity index (χ0v) is 12.5. The van der Waals surface area contributed by atoms with Crippen molar-refractivity contribution in [2.24, 2.45) is 0 Å². The van der Waals surface area contributed by atoms with Gasteiger partial charge < -0.3 is 10.1 Å². The maximum atomic E-state index is 5.52. The van der Waals surface area contributed by atoms with E-state index < -0.39 is 0 Å². The van der Waals surface area contributed by atoms with Crippen LogP contribution in [0.15, 0.2) is 18.2 Å². The van der Waals surface area contributed by atoms with Crippen molar-refractivity contribution in [1.82, 2.24) is 5.32 Å². The van der Waals surface area contributed by atoms with E-state index in [1.54, 1.807) is 7.11 Å². The molecule has 0 heterocycles. The summed E-state index contributed by atoms with van der Waals surface area (Å²) in [7, 11) is 1.76. The number of hydrogen-bond donors (Lipinski definition) is 1. The standard InChI is InChI=1S/C17H27NO/c1-13-10-11-16(17(12-13)19-3)14(2)18-15-8-6-4-5-7-9-15/h10-12,14-15,18H,4-9H2,1-3H3. The molecule has 106 valence electrons. The van der Waals surface area contributed by atoms with Crippen LogP contribution in [0, 0.1) is 6.92 Å². The summed E-state index contributed by atoms with van der Waals surface area (Å²) in [5.74, 6) is 1.01. The minimum absolute atomic E-state index is 0.360. The molecular formula is C17H27NO. The molecular weight excluding hydrogens is 234 g/mol. The van der Waals surface area contributed by atoms with Crippen molar-refractivity contribution in [3.05, 3.63) is 29.3 Å². The van der Waals surface area contributed by atoms with Crippen LogP contribution in [-0.4, -0.2) is 13.2 Å². The van der Waals surface area contributed by atoms with Crippen molar-refractivity contribution in [3.8, 4) is 5.75 Å². The maximum Gasteiger partial charge on any atom is 0.123 e. The maximum absolute atomic E-state index is 5.52. The number of nitrogens with one attached hydrogen (secondary N) is 1. The fourth-order valence-corrected chi connectivity index (χ4v) is 3.07. The molecule has 1 saturated carbocycles. The van der Waals surface area contributed by atoms with Gasteiger partial charge in [0.1, 0.15) is 5.75 Å². The van der Waals surface area contributed by atoms with Crippen LogP contribution in [-0.2, 0) is 0 Å². The molecule has 1 aromatic carbocycles. The molecule has 2 rings (SSSR count). The van der Waals surface area contributed by atoms with E-state index in [0.29, 0.717) is 12.1 Å². The van der Waals surface area contributed by atoms with Crippen LogP contribution in [0.1, 0.15) is 62.6 Å². The Bertz CT molecular complexity index is 394. The Morgan fingerprint density at radius 1 is 1.16 bits per heavy atom. The number of ether oxygens (including phenoxy) is 1. The van der Waals surface area contributed by atoms with Crippen LogP contribution in [0.4, 0.5) is 0 Å². The van der Waals surface area contributed by atoms with Crippen LogP contribution in [0.25, 0.3) is 0 Å². The van der Waals surface area contributed by atoms with E-state index in [1.807, 2.05) is 0 Å². The lowest BCUT2D eigenvalue weighted by Gasteiger charge is -2.24. The molecule has 0 amide bonds. The Morgan fingerprint density at radius 2 is 1.84 bits per heavy atom. The van der Waals surface area contributed by atoms with Gasteiger partial charge in [0.25, 0.3) is 0 Å². The normalized spacial score (nSPS) is 18.9. The van der Waals surface area contributed by atoms with Gasteiger partial charge in [-0.05, 0) is 38.3 Å². The van der Waals surface area contributed by atoms with Crippen molar-refractivity contribution < 1.29 is 4.74 Å². The molecule has 1 unspecified atom stereocenters. The van der Waals surface area contributed by atoms with Crippen LogP contribution >= 0.6 is 0 Å². The quantitative estimate of drug-likeness (QED) is 0.812. The summed E-state index contributed by atoms with van der Waals surface area (Å²) in [6.45, 7) is 4.35. The van der Waals surface area contributed by atoms with Crippen molar-refractivity contribution >= 4 is 0 Å². The molecule has 2 nitrogen and oxygen atoms in total. The molecule has 0 bridgehead atoms. The van der Waals surface area contributed by atoms with Gasteiger partial charge in [-0.3, -0.25) is 0 Å². The molecule has 0 saturated heterocycles. The first-order valence-corrected chi connectivity index (χ1v) is 7.61. The Balaban J connectivity index is 2.04. The summed E-state index contributed by atoms with van der Waals surface area (Å²) in [5, 5.41) is 3.79. The first-order valence-electron chi connectivity index (χ1n) is 7.61. The summed E-state index contributed by atoms with van der Waals surface area (Å²) in [6, 6.07) is 7.52. The van der Waals surface area contributed by atoms with E-state index in [-0.39, 0.29) is 0 Å². The number of rotatable bonds is 4. The summed E-state index contributed by atoms with van der Waals surface area (Å²) in [4.78, 5) is 0. The Kier molecular flexibility index (Phi) is 5.26. The summed E-state index contributed by atoms with van der Waals surface area (Å²) < 4.78 is 5.52. The summed E-state index contributed by atoms with van der Waals surface area (Å²) in [6.07, 6.45) is 8.18. The second kappa shape index (κ2) is 6.95. The van der Waals surface area contributed by atoms with E-state index in [4.69, 9.17) is 4.74 Å². The lowest BCUT2D eigenvalue weighted by atomic mass is 10.0. The van der Waals surface area contributed by atoms with Crippen molar-refractivity contribution in [1.29, 1.82) is 0 Å². The molecule has 0 spiro atoms. The van der Waals surface area contributed by atoms with Crippen LogP contribution in [0.3, 0.4) is 0 Å². The molecule has 0 aromatic heterocycles. The van der Waals surface area contributed by atoms with Crippen LogP contribution in [0.2, 0.25) is 0 Å². The van der Waals surface area contributed by atoms with Gasteiger partial charge >= 0.3 is 0 Å². The van der Waals surface area contributed by atoms with E-state index in [9.17, 15) is 0 Å². The molecule has 1 atom stereocenters. The van der Waals surface area contributed by atoms with Gasteiger partial charge in [0.15, 0.2) is 0 Å². The highest BCUT2D eigenvalue weighted by Crippen LogP contribution is 2.28. The van der Waals surface area contributed by atoms with Crippen molar-refractivity contribution in [2.75, 3.05) is 7.11 Å². The first kappa shape index (κ1) is 14.4. The first-order chi connectivity index (χ1) is 9.20. The van der Waals surface area contributed by atoms with Gasteiger partial charge in [-0.25, -0.2) is 0 Å². The number of methoxy groups -OCH3 is 1. The largest absolute Gasteiger partial charge is 0.496 e. The molecule has 0 radical (unpaired) electrons. The van der Waals surface area contributed by atoms with E-state index in [2.05, 4.69) is 37.4 Å². The average molecular weight is 261 g/mol. The minimum atomic E-state index is 0.360. The zero-order chi connectivity index (χ0) is 13.7. The molecule has 1 aliphatic carbocycles. The fraction of sp³-hybridized carbons (Fsp3) is 0.647. The molecule has 2 heteroatoms. The molecule has 19 heavy (non-hydrogen) atoms. The number of benzene rings is 1. The van der Waals surface area contributed by atoms with E-state index in [0.717, 1.165) is 5.75 Å². The molecule has 1 fully saturated rings. The average Bonchev–Trinajstić information content (AvgIpc) is 2.67. The monoisotopic (exact) mass is 261 g/mol. The van der Waals surface area contributed by atoms with Gasteiger partial charge in [-0.15, -0.1) is 0 Å². The predicted octanol–water partition coefficient (Wildman–Crippen LogP) is 4.38. The number of hydrogen-bond acceptors (Lipinski definition) is 2. The van der Waals surface area contributed by atoms with E-state index in [1.165, 1.54) is 49.7 Å². The lowest BCUT2D eigenvalue weighted by molar-refractivity contribution is 0.381. The van der Waals surface area contributed by atoms with Gasteiger partial charge in [-0.2, -0.15) is 0 Å². The highest BCUT2D eigenvalue weighted by atomic mass is 16.5. The third-order valence-corrected chi connectivity index (χ3v) is 4.20. The lowest BCUT2D eigenvalue weighted by Crippen LogP contribution is -2.31. The van der Waals surface area contributed by atoms with Gasteiger partial charge in [-0.1, -0.05) is 37.8 Å². The Hall–Kier alpha value is -1.02. The van der Waals surface area contributed by atoms with Crippen molar-refractivity contribution in [3.63, 3.8) is 0 Å². The van der Waals surface area contributed by atoms with E-state index >= 15 is 0 Å². The Morgan fingerprint density at radius 3 is 2.47 bits per heavy atom. The third kappa shape index (κ3) is 3.97. The fourth-order valence-electron chi connectivity index (χ4n) is 3.07. The predicted molar refractivity (Wildman–Crippen MR) is 80.8 cm³/mol. The van der Waals surface area contributed by atoms with Gasteiger partial charge in [0.05, 0.1) is 7.11 Å². The molecule has 1 aliphatic rings.